The fraction of sp³-hybridized carbons (Fsp3) is 0.400. The lowest BCUT2D eigenvalue weighted by Gasteiger charge is -2.28. The smallest absolute Gasteiger partial charge is 0.312 e. The topological polar surface area (TPSA) is 93.1 Å². The van der Waals surface area contributed by atoms with Crippen molar-refractivity contribution in [3.8, 4) is 5.75 Å². The summed E-state index contributed by atoms with van der Waals surface area (Å²) in [5.41, 5.74) is 0.235. The van der Waals surface area contributed by atoms with Crippen molar-refractivity contribution in [1.29, 1.82) is 0 Å². The summed E-state index contributed by atoms with van der Waals surface area (Å²) in [6, 6.07) is 5.76. The molecule has 1 fully saturated rings. The molecule has 1 aliphatic rings. The third-order valence-electron chi connectivity index (χ3n) is 3.49. The van der Waals surface area contributed by atoms with Crippen LogP contribution in [0.5, 0.6) is 5.75 Å². The standard InChI is InChI=1S/C15H16N2O5/c1-10-2-7-13(18)17(15(10)20)9-8-14(19)22-12-5-3-11(16-21)4-6-12/h3-6,10H,2,7-9H2,1H3. The maximum absolute atomic E-state index is 11.9. The van der Waals surface area contributed by atoms with Crippen LogP contribution in [0.4, 0.5) is 5.69 Å². The molecule has 1 aromatic carbocycles. The molecule has 7 nitrogen and oxygen atoms in total. The highest BCUT2D eigenvalue weighted by Crippen LogP contribution is 2.20. The summed E-state index contributed by atoms with van der Waals surface area (Å²) in [7, 11) is 0. The van der Waals surface area contributed by atoms with Crippen molar-refractivity contribution in [2.45, 2.75) is 26.2 Å². The molecule has 2 rings (SSSR count). The first-order chi connectivity index (χ1) is 10.5. The third-order valence-corrected chi connectivity index (χ3v) is 3.49. The van der Waals surface area contributed by atoms with E-state index in [4.69, 9.17) is 4.74 Å². The van der Waals surface area contributed by atoms with Gasteiger partial charge in [-0.15, -0.1) is 4.91 Å². The molecule has 1 saturated heterocycles. The van der Waals surface area contributed by atoms with Crippen LogP contribution >= 0.6 is 0 Å². The molecule has 22 heavy (non-hydrogen) atoms. The summed E-state index contributed by atoms with van der Waals surface area (Å²) in [6.07, 6.45) is 0.801. The minimum Gasteiger partial charge on any atom is -0.426 e. The van der Waals surface area contributed by atoms with Crippen molar-refractivity contribution < 1.29 is 19.1 Å². The van der Waals surface area contributed by atoms with Gasteiger partial charge in [0.1, 0.15) is 11.4 Å². The number of hydrogen-bond donors (Lipinski definition) is 0. The predicted octanol–water partition coefficient (Wildman–Crippen LogP) is 2.17. The lowest BCUT2D eigenvalue weighted by atomic mass is 9.98. The van der Waals surface area contributed by atoms with Crippen LogP contribution in [0, 0.1) is 10.8 Å². The number of amides is 2. The van der Waals surface area contributed by atoms with Gasteiger partial charge in [-0.2, -0.15) is 0 Å². The molecule has 0 spiro atoms. The summed E-state index contributed by atoms with van der Waals surface area (Å²) in [5, 5.41) is 2.74. The molecule has 2 amide bonds. The fourth-order valence-corrected chi connectivity index (χ4v) is 2.18. The van der Waals surface area contributed by atoms with Crippen LogP contribution in [-0.2, 0) is 14.4 Å². The van der Waals surface area contributed by atoms with E-state index in [0.717, 1.165) is 4.90 Å². The maximum atomic E-state index is 11.9. The Labute approximate surface area is 127 Å². The zero-order chi connectivity index (χ0) is 16.1. The molecular weight excluding hydrogens is 288 g/mol. The summed E-state index contributed by atoms with van der Waals surface area (Å²) < 4.78 is 5.07. The van der Waals surface area contributed by atoms with E-state index < -0.39 is 5.97 Å². The van der Waals surface area contributed by atoms with Crippen molar-refractivity contribution in [2.24, 2.45) is 11.1 Å². The number of rotatable bonds is 5. The normalized spacial score (nSPS) is 18.2. The van der Waals surface area contributed by atoms with E-state index in [1.54, 1.807) is 6.92 Å². The monoisotopic (exact) mass is 304 g/mol. The third kappa shape index (κ3) is 3.75. The highest BCUT2D eigenvalue weighted by Gasteiger charge is 2.31. The molecule has 0 aromatic heterocycles. The number of imide groups is 1. The molecule has 7 heteroatoms. The van der Waals surface area contributed by atoms with Crippen molar-refractivity contribution in [2.75, 3.05) is 6.54 Å². The Balaban J connectivity index is 1.87. The number of piperidine rings is 1. The second kappa shape index (κ2) is 6.93. The SMILES string of the molecule is CC1CCC(=O)N(CCC(=O)Oc2ccc(N=O)cc2)C1=O. The largest absolute Gasteiger partial charge is 0.426 e. The summed E-state index contributed by atoms with van der Waals surface area (Å²) >= 11 is 0. The molecule has 1 atom stereocenters. The molecule has 0 radical (unpaired) electrons. The molecule has 1 unspecified atom stereocenters. The van der Waals surface area contributed by atoms with Crippen molar-refractivity contribution in [3.05, 3.63) is 29.2 Å². The highest BCUT2D eigenvalue weighted by atomic mass is 16.5. The van der Waals surface area contributed by atoms with Crippen LogP contribution in [-0.4, -0.2) is 29.2 Å². The van der Waals surface area contributed by atoms with Crippen LogP contribution in [0.2, 0.25) is 0 Å². The Morgan fingerprint density at radius 1 is 1.32 bits per heavy atom. The van der Waals surface area contributed by atoms with Gasteiger partial charge in [-0.05, 0) is 35.9 Å². The molecule has 0 saturated carbocycles. The van der Waals surface area contributed by atoms with Gasteiger partial charge in [0.15, 0.2) is 0 Å². The van der Waals surface area contributed by atoms with E-state index in [0.29, 0.717) is 12.8 Å². The molecule has 1 heterocycles. The van der Waals surface area contributed by atoms with Gasteiger partial charge in [-0.1, -0.05) is 6.92 Å². The molecule has 0 N–H and O–H groups in total. The zero-order valence-corrected chi connectivity index (χ0v) is 12.2. The van der Waals surface area contributed by atoms with Crippen molar-refractivity contribution in [1.82, 2.24) is 4.90 Å². The van der Waals surface area contributed by atoms with Gasteiger partial charge in [0.05, 0.1) is 6.42 Å². The average Bonchev–Trinajstić information content (AvgIpc) is 2.52. The Bertz CT molecular complexity index is 596. The Morgan fingerprint density at radius 3 is 2.64 bits per heavy atom. The number of carbonyl (C=O) groups is 3. The fourth-order valence-electron chi connectivity index (χ4n) is 2.18. The molecule has 1 aromatic rings. The summed E-state index contributed by atoms with van der Waals surface area (Å²) in [4.78, 5) is 46.7. The quantitative estimate of drug-likeness (QED) is 0.360. The van der Waals surface area contributed by atoms with E-state index >= 15 is 0 Å². The number of hydrogen-bond acceptors (Lipinski definition) is 6. The van der Waals surface area contributed by atoms with Crippen molar-refractivity contribution >= 4 is 23.5 Å². The number of nitroso groups, excluding NO2 is 1. The van der Waals surface area contributed by atoms with E-state index in [1.807, 2.05) is 0 Å². The first-order valence-corrected chi connectivity index (χ1v) is 6.99. The van der Waals surface area contributed by atoms with E-state index in [2.05, 4.69) is 5.18 Å². The highest BCUT2D eigenvalue weighted by molar-refractivity contribution is 5.98. The van der Waals surface area contributed by atoms with Crippen LogP contribution < -0.4 is 4.74 Å². The van der Waals surface area contributed by atoms with Crippen LogP contribution in [0.1, 0.15) is 26.2 Å². The predicted molar refractivity (Wildman–Crippen MR) is 77.3 cm³/mol. The number of nitrogens with zero attached hydrogens (tertiary/aromatic N) is 2. The maximum Gasteiger partial charge on any atom is 0.312 e. The Hall–Kier alpha value is -2.57. The van der Waals surface area contributed by atoms with Crippen LogP contribution in [0.3, 0.4) is 0 Å². The van der Waals surface area contributed by atoms with Gasteiger partial charge < -0.3 is 4.74 Å². The minimum atomic E-state index is -0.550. The second-order valence-electron chi connectivity index (χ2n) is 5.13. The van der Waals surface area contributed by atoms with Gasteiger partial charge in [0, 0.05) is 18.9 Å². The Morgan fingerprint density at radius 2 is 2.00 bits per heavy atom. The number of benzene rings is 1. The van der Waals surface area contributed by atoms with Gasteiger partial charge in [0.25, 0.3) is 0 Å². The number of carbonyl (C=O) groups excluding carboxylic acids is 3. The average molecular weight is 304 g/mol. The zero-order valence-electron chi connectivity index (χ0n) is 12.2. The Kier molecular flexibility index (Phi) is 4.98. The summed E-state index contributed by atoms with van der Waals surface area (Å²) in [6.45, 7) is 1.79. The minimum absolute atomic E-state index is 0.0226. The van der Waals surface area contributed by atoms with E-state index in [9.17, 15) is 19.3 Å². The first-order valence-electron chi connectivity index (χ1n) is 6.99. The first kappa shape index (κ1) is 15.8. The van der Waals surface area contributed by atoms with Gasteiger partial charge >= 0.3 is 5.97 Å². The van der Waals surface area contributed by atoms with Crippen LogP contribution in [0.25, 0.3) is 0 Å². The lowest BCUT2D eigenvalue weighted by Crippen LogP contribution is -2.45. The van der Waals surface area contributed by atoms with Gasteiger partial charge in [-0.3, -0.25) is 19.3 Å². The van der Waals surface area contributed by atoms with Gasteiger partial charge in [-0.25, -0.2) is 0 Å². The molecule has 0 bridgehead atoms. The molecular formula is C15H16N2O5. The summed E-state index contributed by atoms with van der Waals surface area (Å²) in [5.74, 6) is -0.965. The molecule has 116 valence electrons. The van der Waals surface area contributed by atoms with Crippen molar-refractivity contribution in [3.63, 3.8) is 0 Å². The number of ether oxygens (including phenoxy) is 1. The second-order valence-corrected chi connectivity index (χ2v) is 5.13. The number of esters is 1. The number of likely N-dealkylation sites (tertiary alicyclic amines) is 1. The molecule has 0 aliphatic carbocycles. The lowest BCUT2D eigenvalue weighted by molar-refractivity contribution is -0.151. The van der Waals surface area contributed by atoms with E-state index in [-0.39, 0.29) is 42.1 Å². The van der Waals surface area contributed by atoms with Crippen LogP contribution in [0.15, 0.2) is 29.4 Å². The molecule has 1 aliphatic heterocycles. The van der Waals surface area contributed by atoms with Gasteiger partial charge in [0.2, 0.25) is 11.8 Å². The van der Waals surface area contributed by atoms with E-state index in [1.165, 1.54) is 24.3 Å².